The molecule has 7 heteroatoms. The van der Waals surface area contributed by atoms with E-state index in [1.807, 2.05) is 0 Å². The van der Waals surface area contributed by atoms with Crippen LogP contribution in [0.15, 0.2) is 18.2 Å². The lowest BCUT2D eigenvalue weighted by atomic mass is 9.86. The van der Waals surface area contributed by atoms with Crippen LogP contribution in [0, 0.1) is 21.8 Å². The van der Waals surface area contributed by atoms with Gasteiger partial charge in [-0.15, -0.1) is 0 Å². The van der Waals surface area contributed by atoms with Gasteiger partial charge in [0.2, 0.25) is 0 Å². The maximum atomic E-state index is 13.7. The number of nitrogens with one attached hydrogen (secondary N) is 2. The molecule has 1 aliphatic rings. The molecule has 114 valence electrons. The van der Waals surface area contributed by atoms with Gasteiger partial charge < -0.3 is 10.6 Å². The minimum Gasteiger partial charge on any atom is -0.359 e. The zero-order chi connectivity index (χ0) is 15.4. The van der Waals surface area contributed by atoms with E-state index in [1.165, 1.54) is 6.42 Å². The third kappa shape index (κ3) is 4.10. The largest absolute Gasteiger partial charge is 0.359 e. The monoisotopic (exact) mass is 311 g/mol. The number of halogens is 1. The highest BCUT2D eigenvalue weighted by molar-refractivity contribution is 7.80. The number of thiocarbonyl (C=S) groups is 1. The van der Waals surface area contributed by atoms with Crippen molar-refractivity contribution < 1.29 is 9.31 Å². The van der Waals surface area contributed by atoms with Gasteiger partial charge in [-0.1, -0.05) is 19.8 Å². The number of hydrogen-bond donors (Lipinski definition) is 2. The Balaban J connectivity index is 2.02. The van der Waals surface area contributed by atoms with Crippen LogP contribution in [0.1, 0.15) is 32.6 Å². The van der Waals surface area contributed by atoms with Crippen LogP contribution in [0.2, 0.25) is 0 Å². The molecule has 0 saturated heterocycles. The third-order valence-electron chi connectivity index (χ3n) is 3.84. The van der Waals surface area contributed by atoms with Crippen LogP contribution in [0.25, 0.3) is 0 Å². The van der Waals surface area contributed by atoms with Gasteiger partial charge in [0, 0.05) is 18.2 Å². The van der Waals surface area contributed by atoms with Crippen molar-refractivity contribution >= 4 is 28.7 Å². The highest BCUT2D eigenvalue weighted by atomic mass is 32.1. The quantitative estimate of drug-likeness (QED) is 0.507. The number of nitro groups is 1. The average Bonchev–Trinajstić information content (AvgIpc) is 2.43. The third-order valence-corrected chi connectivity index (χ3v) is 4.06. The first-order valence-corrected chi connectivity index (χ1v) is 7.39. The molecule has 0 heterocycles. The Labute approximate surface area is 128 Å². The first-order chi connectivity index (χ1) is 9.97. The van der Waals surface area contributed by atoms with E-state index < -0.39 is 10.7 Å². The standard InChI is InChI=1S/C14H18FN3O2S/c1-9-4-2-3-5-12(9)16-14(21)17-13-8-10(18(19)20)6-7-11(13)15/h6-9,12H,2-5H2,1H3,(H2,16,17,21)/t9-,12-/m0/s1. The van der Waals surface area contributed by atoms with E-state index in [4.69, 9.17) is 12.2 Å². The van der Waals surface area contributed by atoms with E-state index in [9.17, 15) is 14.5 Å². The maximum absolute atomic E-state index is 13.7. The lowest BCUT2D eigenvalue weighted by Crippen LogP contribution is -2.43. The Morgan fingerprint density at radius 2 is 2.14 bits per heavy atom. The second kappa shape index (κ2) is 6.80. The summed E-state index contributed by atoms with van der Waals surface area (Å²) in [7, 11) is 0. The molecule has 1 aromatic rings. The van der Waals surface area contributed by atoms with E-state index >= 15 is 0 Å². The Morgan fingerprint density at radius 1 is 1.43 bits per heavy atom. The summed E-state index contributed by atoms with van der Waals surface area (Å²) in [6.07, 6.45) is 4.54. The molecule has 2 N–H and O–H groups in total. The van der Waals surface area contributed by atoms with Gasteiger partial charge in [-0.25, -0.2) is 4.39 Å². The molecule has 21 heavy (non-hydrogen) atoms. The molecule has 1 saturated carbocycles. The lowest BCUT2D eigenvalue weighted by molar-refractivity contribution is -0.384. The summed E-state index contributed by atoms with van der Waals surface area (Å²) in [5.41, 5.74) is -0.155. The highest BCUT2D eigenvalue weighted by Gasteiger charge is 2.22. The molecule has 1 fully saturated rings. The zero-order valence-corrected chi connectivity index (χ0v) is 12.6. The molecular weight excluding hydrogens is 293 g/mol. The van der Waals surface area contributed by atoms with Crippen LogP contribution in [0.5, 0.6) is 0 Å². The fourth-order valence-corrected chi connectivity index (χ4v) is 2.84. The zero-order valence-electron chi connectivity index (χ0n) is 11.8. The smallest absolute Gasteiger partial charge is 0.271 e. The van der Waals surface area contributed by atoms with Gasteiger partial charge in [-0.05, 0) is 37.0 Å². The SMILES string of the molecule is C[C@H]1CCCC[C@@H]1NC(=S)Nc1cc([N+](=O)[O-])ccc1F. The van der Waals surface area contributed by atoms with Crippen molar-refractivity contribution in [3.63, 3.8) is 0 Å². The normalized spacial score (nSPS) is 21.6. The van der Waals surface area contributed by atoms with E-state index in [1.54, 1.807) is 0 Å². The van der Waals surface area contributed by atoms with Crippen molar-refractivity contribution in [1.82, 2.24) is 5.32 Å². The van der Waals surface area contributed by atoms with Crippen molar-refractivity contribution in [2.75, 3.05) is 5.32 Å². The topological polar surface area (TPSA) is 67.2 Å². The first kappa shape index (κ1) is 15.6. The molecule has 0 radical (unpaired) electrons. The molecule has 2 rings (SSSR count). The molecular formula is C14H18FN3O2S. The molecule has 0 amide bonds. The van der Waals surface area contributed by atoms with E-state index in [-0.39, 0.29) is 17.4 Å². The number of hydrogen-bond acceptors (Lipinski definition) is 3. The molecule has 2 atom stereocenters. The summed E-state index contributed by atoms with van der Waals surface area (Å²) < 4.78 is 13.7. The van der Waals surface area contributed by atoms with Crippen molar-refractivity contribution in [3.8, 4) is 0 Å². The predicted molar refractivity (Wildman–Crippen MR) is 83.8 cm³/mol. The van der Waals surface area contributed by atoms with E-state index in [2.05, 4.69) is 17.6 Å². The highest BCUT2D eigenvalue weighted by Crippen LogP contribution is 2.24. The first-order valence-electron chi connectivity index (χ1n) is 6.99. The van der Waals surface area contributed by atoms with Gasteiger partial charge in [0.05, 0.1) is 10.6 Å². The summed E-state index contributed by atoms with van der Waals surface area (Å²) in [5.74, 6) is -0.0603. The van der Waals surface area contributed by atoms with Gasteiger partial charge in [0.25, 0.3) is 5.69 Å². The van der Waals surface area contributed by atoms with Crippen LogP contribution < -0.4 is 10.6 Å². The Morgan fingerprint density at radius 3 is 2.81 bits per heavy atom. The number of rotatable bonds is 3. The molecule has 1 aromatic carbocycles. The van der Waals surface area contributed by atoms with Crippen LogP contribution >= 0.6 is 12.2 Å². The van der Waals surface area contributed by atoms with Gasteiger partial charge >= 0.3 is 0 Å². The van der Waals surface area contributed by atoms with Crippen molar-refractivity contribution in [2.45, 2.75) is 38.6 Å². The van der Waals surface area contributed by atoms with E-state index in [0.29, 0.717) is 11.0 Å². The van der Waals surface area contributed by atoms with Crippen LogP contribution in [0.4, 0.5) is 15.8 Å². The molecule has 5 nitrogen and oxygen atoms in total. The van der Waals surface area contributed by atoms with Gasteiger partial charge in [-0.3, -0.25) is 10.1 Å². The average molecular weight is 311 g/mol. The van der Waals surface area contributed by atoms with Gasteiger partial charge in [0.15, 0.2) is 5.11 Å². The summed E-state index contributed by atoms with van der Waals surface area (Å²) in [6.45, 7) is 2.16. The fourth-order valence-electron chi connectivity index (χ4n) is 2.58. The predicted octanol–water partition coefficient (Wildman–Crippen LogP) is 3.60. The molecule has 1 aliphatic carbocycles. The Hall–Kier alpha value is -1.76. The number of anilines is 1. The van der Waals surface area contributed by atoms with Crippen LogP contribution in [-0.2, 0) is 0 Å². The second-order valence-electron chi connectivity index (χ2n) is 5.39. The Kier molecular flexibility index (Phi) is 5.06. The minimum absolute atomic E-state index is 0.0187. The second-order valence-corrected chi connectivity index (χ2v) is 5.80. The van der Waals surface area contributed by atoms with Crippen molar-refractivity contribution in [3.05, 3.63) is 34.1 Å². The molecule has 0 aliphatic heterocycles. The lowest BCUT2D eigenvalue weighted by Gasteiger charge is -2.30. The minimum atomic E-state index is -0.568. The number of non-ortho nitro benzene ring substituents is 1. The summed E-state index contributed by atoms with van der Waals surface area (Å²) >= 11 is 5.18. The summed E-state index contributed by atoms with van der Waals surface area (Å²) in [5, 5.41) is 16.9. The van der Waals surface area contributed by atoms with Gasteiger partial charge in [0.1, 0.15) is 5.82 Å². The number of nitro benzene ring substituents is 1. The van der Waals surface area contributed by atoms with Crippen molar-refractivity contribution in [1.29, 1.82) is 0 Å². The summed E-state index contributed by atoms with van der Waals surface area (Å²) in [4.78, 5) is 10.2. The van der Waals surface area contributed by atoms with Gasteiger partial charge in [-0.2, -0.15) is 0 Å². The number of benzene rings is 1. The van der Waals surface area contributed by atoms with E-state index in [0.717, 1.165) is 37.5 Å². The Bertz CT molecular complexity index is 553. The molecule has 0 spiro atoms. The molecule has 0 aromatic heterocycles. The van der Waals surface area contributed by atoms with Crippen LogP contribution in [-0.4, -0.2) is 16.1 Å². The maximum Gasteiger partial charge on any atom is 0.271 e. The molecule has 0 unspecified atom stereocenters. The number of nitrogens with zero attached hydrogens (tertiary/aromatic N) is 1. The molecule has 0 bridgehead atoms. The van der Waals surface area contributed by atoms with Crippen molar-refractivity contribution in [2.24, 2.45) is 5.92 Å². The van der Waals surface area contributed by atoms with Crippen LogP contribution in [0.3, 0.4) is 0 Å². The fraction of sp³-hybridized carbons (Fsp3) is 0.500. The summed E-state index contributed by atoms with van der Waals surface area (Å²) in [6, 6.07) is 3.60.